The van der Waals surface area contributed by atoms with Gasteiger partial charge in [0.05, 0.1) is 19.8 Å². The number of halogens is 1. The lowest BCUT2D eigenvalue weighted by Crippen LogP contribution is -2.60. The minimum absolute atomic E-state index is 0.0441. The molecule has 0 aliphatic carbocycles. The highest BCUT2D eigenvalue weighted by Gasteiger charge is 2.44. The summed E-state index contributed by atoms with van der Waals surface area (Å²) in [7, 11) is 0. The van der Waals surface area contributed by atoms with Crippen molar-refractivity contribution in [3.63, 3.8) is 0 Å². The van der Waals surface area contributed by atoms with E-state index in [1.807, 2.05) is 24.3 Å². The van der Waals surface area contributed by atoms with E-state index in [2.05, 4.69) is 0 Å². The van der Waals surface area contributed by atoms with Crippen molar-refractivity contribution in [1.29, 1.82) is 0 Å². The van der Waals surface area contributed by atoms with Crippen LogP contribution in [-0.4, -0.2) is 77.1 Å². The van der Waals surface area contributed by atoms with Crippen molar-refractivity contribution in [2.45, 2.75) is 49.7 Å². The lowest BCUT2D eigenvalue weighted by atomic mass is 9.99. The molecule has 0 amide bonds. The molecule has 2 fully saturated rings. The van der Waals surface area contributed by atoms with Crippen molar-refractivity contribution in [3.05, 3.63) is 59.4 Å². The van der Waals surface area contributed by atoms with E-state index in [4.69, 9.17) is 18.9 Å². The van der Waals surface area contributed by atoms with Crippen molar-refractivity contribution in [1.82, 2.24) is 0 Å². The topological polar surface area (TPSA) is 118 Å². The average Bonchev–Trinajstić information content (AvgIpc) is 3.30. The number of aliphatic hydroxyl groups excluding tert-OH is 4. The molecule has 0 aromatic heterocycles. The zero-order valence-corrected chi connectivity index (χ0v) is 17.3. The highest BCUT2D eigenvalue weighted by molar-refractivity contribution is 5.39. The fraction of sp³-hybridized carbons (Fsp3) is 0.478. The molecule has 174 valence electrons. The zero-order valence-electron chi connectivity index (χ0n) is 17.3. The molecule has 2 aliphatic rings. The minimum Gasteiger partial charge on any atom is -0.488 e. The van der Waals surface area contributed by atoms with Crippen LogP contribution < -0.4 is 9.47 Å². The molecule has 2 heterocycles. The van der Waals surface area contributed by atoms with Gasteiger partial charge in [0.2, 0.25) is 6.29 Å². The number of rotatable bonds is 7. The van der Waals surface area contributed by atoms with E-state index >= 15 is 0 Å². The monoisotopic (exact) mass is 450 g/mol. The fourth-order valence-electron chi connectivity index (χ4n) is 3.80. The molecule has 0 saturated carbocycles. The maximum absolute atomic E-state index is 14.0. The van der Waals surface area contributed by atoms with Gasteiger partial charge in [-0.3, -0.25) is 0 Å². The van der Waals surface area contributed by atoms with Gasteiger partial charge in [-0.05, 0) is 35.9 Å². The first-order chi connectivity index (χ1) is 15.4. The van der Waals surface area contributed by atoms with Gasteiger partial charge in [-0.1, -0.05) is 12.1 Å². The largest absolute Gasteiger partial charge is 0.488 e. The summed E-state index contributed by atoms with van der Waals surface area (Å²) >= 11 is 0. The molecule has 4 rings (SSSR count). The normalized spacial score (nSPS) is 30.3. The van der Waals surface area contributed by atoms with Gasteiger partial charge in [0.1, 0.15) is 47.8 Å². The van der Waals surface area contributed by atoms with Crippen LogP contribution in [0.15, 0.2) is 42.5 Å². The molecule has 0 radical (unpaired) electrons. The van der Waals surface area contributed by atoms with Crippen molar-refractivity contribution in [3.8, 4) is 11.5 Å². The van der Waals surface area contributed by atoms with Gasteiger partial charge in [0, 0.05) is 18.4 Å². The molecule has 4 N–H and O–H groups in total. The van der Waals surface area contributed by atoms with Gasteiger partial charge >= 0.3 is 0 Å². The summed E-state index contributed by atoms with van der Waals surface area (Å²) in [4.78, 5) is 0. The third kappa shape index (κ3) is 5.20. The molecule has 8 nitrogen and oxygen atoms in total. The molecule has 2 aliphatic heterocycles. The van der Waals surface area contributed by atoms with Gasteiger partial charge in [-0.2, -0.15) is 0 Å². The van der Waals surface area contributed by atoms with Gasteiger partial charge < -0.3 is 39.4 Å². The first-order valence-electron chi connectivity index (χ1n) is 10.5. The maximum Gasteiger partial charge on any atom is 0.229 e. The van der Waals surface area contributed by atoms with E-state index in [1.54, 1.807) is 0 Å². The third-order valence-electron chi connectivity index (χ3n) is 5.62. The van der Waals surface area contributed by atoms with E-state index in [0.29, 0.717) is 25.2 Å². The maximum atomic E-state index is 14.0. The van der Waals surface area contributed by atoms with Crippen LogP contribution in [0.5, 0.6) is 11.5 Å². The SMILES string of the molecule is OC[C@H]1O[C@@H](Oc2ccc(F)cc2Cc2ccc(OC3CCOC3)cc2)[C@H](O)[C@@H](O)[C@@H]1O. The third-order valence-corrected chi connectivity index (χ3v) is 5.62. The lowest BCUT2D eigenvalue weighted by molar-refractivity contribution is -0.277. The van der Waals surface area contributed by atoms with Crippen LogP contribution in [0, 0.1) is 5.82 Å². The van der Waals surface area contributed by atoms with Gasteiger partial charge in [-0.25, -0.2) is 4.39 Å². The Hall–Kier alpha value is -2.27. The molecule has 32 heavy (non-hydrogen) atoms. The first-order valence-corrected chi connectivity index (χ1v) is 10.5. The summed E-state index contributed by atoms with van der Waals surface area (Å²) in [5.74, 6) is 0.516. The number of benzene rings is 2. The number of ether oxygens (including phenoxy) is 4. The zero-order chi connectivity index (χ0) is 22.7. The van der Waals surface area contributed by atoms with E-state index in [9.17, 15) is 24.8 Å². The van der Waals surface area contributed by atoms with Crippen LogP contribution in [0.3, 0.4) is 0 Å². The van der Waals surface area contributed by atoms with Crippen LogP contribution >= 0.6 is 0 Å². The lowest BCUT2D eigenvalue weighted by Gasteiger charge is -2.39. The van der Waals surface area contributed by atoms with Crippen molar-refractivity contribution < 1.29 is 43.8 Å². The predicted molar refractivity (Wildman–Crippen MR) is 110 cm³/mol. The van der Waals surface area contributed by atoms with Gasteiger partial charge in [0.15, 0.2) is 0 Å². The predicted octanol–water partition coefficient (Wildman–Crippen LogP) is 0.763. The number of hydrogen-bond acceptors (Lipinski definition) is 8. The highest BCUT2D eigenvalue weighted by Crippen LogP contribution is 2.29. The van der Waals surface area contributed by atoms with Crippen LogP contribution in [0.25, 0.3) is 0 Å². The summed E-state index contributed by atoms with van der Waals surface area (Å²) in [5.41, 5.74) is 1.38. The highest BCUT2D eigenvalue weighted by atomic mass is 19.1. The number of hydrogen-bond donors (Lipinski definition) is 4. The summed E-state index contributed by atoms with van der Waals surface area (Å²) in [5, 5.41) is 39.5. The average molecular weight is 450 g/mol. The Labute approximate surface area is 184 Å². The molecule has 2 saturated heterocycles. The fourth-order valence-corrected chi connectivity index (χ4v) is 3.80. The second-order valence-corrected chi connectivity index (χ2v) is 7.99. The quantitative estimate of drug-likeness (QED) is 0.489. The van der Waals surface area contributed by atoms with E-state index in [0.717, 1.165) is 17.7 Å². The molecule has 9 heteroatoms. The second kappa shape index (κ2) is 10.1. The molecule has 1 unspecified atom stereocenters. The van der Waals surface area contributed by atoms with Crippen molar-refractivity contribution in [2.24, 2.45) is 0 Å². The summed E-state index contributed by atoms with van der Waals surface area (Å²) in [6, 6.07) is 11.4. The molecule has 2 aromatic carbocycles. The minimum atomic E-state index is -1.56. The molecular weight excluding hydrogens is 423 g/mol. The Bertz CT molecular complexity index is 884. The molecule has 2 aromatic rings. The van der Waals surface area contributed by atoms with Crippen molar-refractivity contribution >= 4 is 0 Å². The smallest absolute Gasteiger partial charge is 0.229 e. The van der Waals surface area contributed by atoms with Crippen LogP contribution in [0.1, 0.15) is 17.5 Å². The Balaban J connectivity index is 1.47. The van der Waals surface area contributed by atoms with Crippen LogP contribution in [0.2, 0.25) is 0 Å². The molecule has 0 bridgehead atoms. The second-order valence-electron chi connectivity index (χ2n) is 7.99. The summed E-state index contributed by atoms with van der Waals surface area (Å²) in [6.07, 6.45) is -5.82. The molecule has 6 atom stereocenters. The molecular formula is C23H27FO8. The summed E-state index contributed by atoms with van der Waals surface area (Å²) < 4.78 is 36.2. The standard InChI is InChI=1S/C23H27FO8/c24-15-3-6-18(31-23-22(28)21(27)20(26)19(11-25)32-23)14(10-15)9-13-1-4-16(5-2-13)30-17-7-8-29-12-17/h1-6,10,17,19-23,25-28H,7-9,11-12H2/t17?,19-,20-,21+,22-,23-/m1/s1. The molecule has 0 spiro atoms. The Morgan fingerprint density at radius 2 is 1.75 bits per heavy atom. The van der Waals surface area contributed by atoms with Gasteiger partial charge in [-0.15, -0.1) is 0 Å². The Morgan fingerprint density at radius 3 is 2.44 bits per heavy atom. The van der Waals surface area contributed by atoms with Crippen LogP contribution in [-0.2, 0) is 15.9 Å². The van der Waals surface area contributed by atoms with E-state index in [1.165, 1.54) is 18.2 Å². The Kier molecular flexibility index (Phi) is 7.24. The van der Waals surface area contributed by atoms with E-state index < -0.39 is 43.1 Å². The van der Waals surface area contributed by atoms with E-state index in [-0.39, 0.29) is 11.9 Å². The first kappa shape index (κ1) is 22.9. The summed E-state index contributed by atoms with van der Waals surface area (Å²) in [6.45, 7) is 0.700. The van der Waals surface area contributed by atoms with Crippen molar-refractivity contribution in [2.75, 3.05) is 19.8 Å². The number of aliphatic hydroxyl groups is 4. The van der Waals surface area contributed by atoms with Crippen LogP contribution in [0.4, 0.5) is 4.39 Å². The Morgan fingerprint density at radius 1 is 0.969 bits per heavy atom. The van der Waals surface area contributed by atoms with Gasteiger partial charge in [0.25, 0.3) is 0 Å².